The van der Waals surface area contributed by atoms with Crippen LogP contribution in [0, 0.1) is 0 Å². The van der Waals surface area contributed by atoms with Crippen molar-refractivity contribution in [1.82, 2.24) is 10.2 Å². The van der Waals surface area contributed by atoms with Crippen LogP contribution in [0.3, 0.4) is 0 Å². The molecular formula is C22H24N2O3S. The summed E-state index contributed by atoms with van der Waals surface area (Å²) in [5, 5.41) is 3.15. The number of thioether (sulfide) groups is 1. The van der Waals surface area contributed by atoms with E-state index in [1.165, 1.54) is 11.8 Å². The SMILES string of the molecule is O=C(NC1CCOc2ccccc21)c1ccccc1SCC(=O)N1CCCC1. The molecule has 1 fully saturated rings. The van der Waals surface area contributed by atoms with Gasteiger partial charge in [-0.1, -0.05) is 30.3 Å². The fourth-order valence-corrected chi connectivity index (χ4v) is 4.66. The minimum absolute atomic E-state index is 0.0678. The van der Waals surface area contributed by atoms with Crippen molar-refractivity contribution in [3.05, 3.63) is 59.7 Å². The second kappa shape index (κ2) is 8.69. The zero-order valence-electron chi connectivity index (χ0n) is 15.7. The van der Waals surface area contributed by atoms with Gasteiger partial charge in [-0.25, -0.2) is 0 Å². The first kappa shape index (κ1) is 18.9. The van der Waals surface area contributed by atoms with Crippen molar-refractivity contribution < 1.29 is 14.3 Å². The van der Waals surface area contributed by atoms with Gasteiger partial charge in [0.25, 0.3) is 5.91 Å². The Bertz CT molecular complexity index is 864. The topological polar surface area (TPSA) is 58.6 Å². The van der Waals surface area contributed by atoms with Crippen LogP contribution >= 0.6 is 11.8 Å². The summed E-state index contributed by atoms with van der Waals surface area (Å²) < 4.78 is 5.68. The van der Waals surface area contributed by atoms with Gasteiger partial charge in [0.05, 0.1) is 24.0 Å². The van der Waals surface area contributed by atoms with E-state index in [2.05, 4.69) is 5.32 Å². The lowest BCUT2D eigenvalue weighted by Gasteiger charge is -2.27. The van der Waals surface area contributed by atoms with Gasteiger partial charge >= 0.3 is 0 Å². The van der Waals surface area contributed by atoms with E-state index in [1.807, 2.05) is 53.4 Å². The fraction of sp³-hybridized carbons (Fsp3) is 0.364. The van der Waals surface area contributed by atoms with Crippen LogP contribution in [0.25, 0.3) is 0 Å². The first-order valence-corrected chi connectivity index (χ1v) is 10.7. The number of rotatable bonds is 5. The van der Waals surface area contributed by atoms with Crippen LogP contribution in [0.5, 0.6) is 5.75 Å². The highest BCUT2D eigenvalue weighted by Crippen LogP contribution is 2.32. The lowest BCUT2D eigenvalue weighted by Crippen LogP contribution is -2.32. The number of hydrogen-bond donors (Lipinski definition) is 1. The van der Waals surface area contributed by atoms with Gasteiger partial charge in [0.2, 0.25) is 5.91 Å². The van der Waals surface area contributed by atoms with Gasteiger partial charge in [-0.3, -0.25) is 9.59 Å². The van der Waals surface area contributed by atoms with E-state index in [1.54, 1.807) is 0 Å². The number of para-hydroxylation sites is 1. The van der Waals surface area contributed by atoms with Crippen LogP contribution in [-0.4, -0.2) is 42.2 Å². The zero-order chi connectivity index (χ0) is 19.3. The molecule has 2 aliphatic rings. The van der Waals surface area contributed by atoms with E-state index in [9.17, 15) is 9.59 Å². The monoisotopic (exact) mass is 396 g/mol. The molecule has 1 N–H and O–H groups in total. The van der Waals surface area contributed by atoms with E-state index in [0.717, 1.165) is 48.6 Å². The first-order valence-electron chi connectivity index (χ1n) is 9.74. The van der Waals surface area contributed by atoms with Crippen LogP contribution < -0.4 is 10.1 Å². The summed E-state index contributed by atoms with van der Waals surface area (Å²) in [6.07, 6.45) is 2.91. The molecule has 2 aromatic rings. The number of nitrogens with one attached hydrogen (secondary N) is 1. The molecule has 6 heteroatoms. The molecule has 146 valence electrons. The summed E-state index contributed by atoms with van der Waals surface area (Å²) in [6, 6.07) is 15.3. The summed E-state index contributed by atoms with van der Waals surface area (Å²) in [6.45, 7) is 2.29. The van der Waals surface area contributed by atoms with Crippen molar-refractivity contribution in [2.45, 2.75) is 30.2 Å². The molecule has 0 radical (unpaired) electrons. The Morgan fingerprint density at radius 1 is 1.07 bits per heavy atom. The highest BCUT2D eigenvalue weighted by atomic mass is 32.2. The van der Waals surface area contributed by atoms with Crippen molar-refractivity contribution in [3.63, 3.8) is 0 Å². The van der Waals surface area contributed by atoms with Crippen molar-refractivity contribution in [2.24, 2.45) is 0 Å². The van der Waals surface area contributed by atoms with E-state index in [4.69, 9.17) is 4.74 Å². The lowest BCUT2D eigenvalue weighted by atomic mass is 10.00. The first-order chi connectivity index (χ1) is 13.7. The Morgan fingerprint density at radius 3 is 2.68 bits per heavy atom. The molecule has 0 bridgehead atoms. The van der Waals surface area contributed by atoms with Crippen LogP contribution in [0.1, 0.15) is 41.2 Å². The van der Waals surface area contributed by atoms with Crippen LogP contribution in [0.2, 0.25) is 0 Å². The zero-order valence-corrected chi connectivity index (χ0v) is 16.5. The quantitative estimate of drug-likeness (QED) is 0.784. The predicted molar refractivity (Wildman–Crippen MR) is 110 cm³/mol. The number of amides is 2. The van der Waals surface area contributed by atoms with Crippen molar-refractivity contribution in [3.8, 4) is 5.75 Å². The molecule has 5 nitrogen and oxygen atoms in total. The number of benzene rings is 2. The molecule has 0 saturated carbocycles. The molecule has 0 aromatic heterocycles. The van der Waals surface area contributed by atoms with Gasteiger partial charge in [0.15, 0.2) is 0 Å². The third-order valence-electron chi connectivity index (χ3n) is 5.21. The van der Waals surface area contributed by atoms with Crippen LogP contribution in [0.4, 0.5) is 0 Å². The van der Waals surface area contributed by atoms with Gasteiger partial charge in [-0.2, -0.15) is 0 Å². The van der Waals surface area contributed by atoms with Crippen LogP contribution in [0.15, 0.2) is 53.4 Å². The molecular weight excluding hydrogens is 372 g/mol. The molecule has 2 heterocycles. The third-order valence-corrected chi connectivity index (χ3v) is 6.26. The maximum absolute atomic E-state index is 13.0. The van der Waals surface area contributed by atoms with E-state index in [0.29, 0.717) is 17.9 Å². The second-order valence-electron chi connectivity index (χ2n) is 7.07. The lowest BCUT2D eigenvalue weighted by molar-refractivity contribution is -0.127. The maximum atomic E-state index is 13.0. The number of ether oxygens (including phenoxy) is 1. The van der Waals surface area contributed by atoms with Crippen molar-refractivity contribution in [2.75, 3.05) is 25.4 Å². The number of carbonyl (C=O) groups is 2. The number of fused-ring (bicyclic) bond motifs is 1. The number of likely N-dealkylation sites (tertiary alicyclic amines) is 1. The Hall–Kier alpha value is -2.47. The standard InChI is InChI=1S/C22H24N2O3S/c25-21(24-12-5-6-13-24)15-28-20-10-4-2-8-17(20)22(26)23-18-11-14-27-19-9-3-1-7-16(18)19/h1-4,7-10,18H,5-6,11-15H2,(H,23,26). The van der Waals surface area contributed by atoms with Crippen molar-refractivity contribution >= 4 is 23.6 Å². The summed E-state index contributed by atoms with van der Waals surface area (Å²) in [7, 11) is 0. The third kappa shape index (κ3) is 4.17. The van der Waals surface area contributed by atoms with E-state index in [-0.39, 0.29) is 17.9 Å². The van der Waals surface area contributed by atoms with Crippen molar-refractivity contribution in [1.29, 1.82) is 0 Å². The average molecular weight is 397 g/mol. The Kier molecular flexibility index (Phi) is 5.86. The largest absolute Gasteiger partial charge is 0.493 e. The molecule has 1 unspecified atom stereocenters. The summed E-state index contributed by atoms with van der Waals surface area (Å²) in [5.74, 6) is 1.23. The Morgan fingerprint density at radius 2 is 1.82 bits per heavy atom. The molecule has 2 amide bonds. The highest BCUT2D eigenvalue weighted by Gasteiger charge is 2.24. The highest BCUT2D eigenvalue weighted by molar-refractivity contribution is 8.00. The van der Waals surface area contributed by atoms with Gasteiger partial charge in [-0.05, 0) is 31.0 Å². The van der Waals surface area contributed by atoms with Crippen LogP contribution in [-0.2, 0) is 4.79 Å². The smallest absolute Gasteiger partial charge is 0.252 e. The Balaban J connectivity index is 1.44. The summed E-state index contributed by atoms with van der Waals surface area (Å²) >= 11 is 1.44. The van der Waals surface area contributed by atoms with Gasteiger partial charge in [0.1, 0.15) is 5.75 Å². The maximum Gasteiger partial charge on any atom is 0.252 e. The minimum atomic E-state index is -0.113. The Labute approximate surface area is 169 Å². The summed E-state index contributed by atoms with van der Waals surface area (Å²) in [4.78, 5) is 28.1. The van der Waals surface area contributed by atoms with Gasteiger partial charge in [-0.15, -0.1) is 11.8 Å². The second-order valence-corrected chi connectivity index (χ2v) is 8.09. The predicted octanol–water partition coefficient (Wildman–Crippen LogP) is 3.65. The minimum Gasteiger partial charge on any atom is -0.493 e. The average Bonchev–Trinajstić information content (AvgIpc) is 3.27. The number of carbonyl (C=O) groups excluding carboxylic acids is 2. The van der Waals surface area contributed by atoms with Gasteiger partial charge < -0.3 is 15.0 Å². The van der Waals surface area contributed by atoms with Gasteiger partial charge in [0, 0.05) is 30.0 Å². The molecule has 4 rings (SSSR count). The number of hydrogen-bond acceptors (Lipinski definition) is 4. The molecule has 28 heavy (non-hydrogen) atoms. The fourth-order valence-electron chi connectivity index (χ4n) is 3.71. The number of nitrogens with zero attached hydrogens (tertiary/aromatic N) is 1. The molecule has 1 atom stereocenters. The molecule has 0 spiro atoms. The molecule has 2 aliphatic heterocycles. The van der Waals surface area contributed by atoms with E-state index >= 15 is 0 Å². The molecule has 2 aromatic carbocycles. The van der Waals surface area contributed by atoms with E-state index < -0.39 is 0 Å². The molecule has 1 saturated heterocycles. The molecule has 0 aliphatic carbocycles. The normalized spacial score (nSPS) is 18.3. The summed E-state index contributed by atoms with van der Waals surface area (Å²) in [5.41, 5.74) is 1.63.